The molecule has 0 radical (unpaired) electrons. The van der Waals surface area contributed by atoms with E-state index in [1.54, 1.807) is 0 Å². The van der Waals surface area contributed by atoms with E-state index in [1.807, 2.05) is 0 Å². The predicted molar refractivity (Wildman–Crippen MR) is 38.0 cm³/mol. The largest absolute Gasteiger partial charge is 0.480 e. The minimum atomic E-state index is -1.02. The Hall–Kier alpha value is -0.650. The SMILES string of the molecule is N[C@@H]1CN[C@H](C(=O)O)[C@H](O)C1. The summed E-state index contributed by atoms with van der Waals surface area (Å²) in [7, 11) is 0. The number of aliphatic carboxylic acids is 1. The van der Waals surface area contributed by atoms with Crippen LogP contribution >= 0.6 is 0 Å². The van der Waals surface area contributed by atoms with Gasteiger partial charge in [-0.05, 0) is 6.42 Å². The number of carboxylic acid groups (broad SMARTS) is 1. The smallest absolute Gasteiger partial charge is 0.323 e. The van der Waals surface area contributed by atoms with Gasteiger partial charge < -0.3 is 21.3 Å². The average molecular weight is 160 g/mol. The molecular weight excluding hydrogens is 148 g/mol. The van der Waals surface area contributed by atoms with E-state index in [4.69, 9.17) is 10.8 Å². The fourth-order valence-electron chi connectivity index (χ4n) is 1.20. The lowest BCUT2D eigenvalue weighted by Gasteiger charge is -2.29. The number of aliphatic hydroxyl groups excluding tert-OH is 1. The molecule has 0 saturated carbocycles. The maximum Gasteiger partial charge on any atom is 0.323 e. The van der Waals surface area contributed by atoms with Crippen LogP contribution in [0.1, 0.15) is 6.42 Å². The second-order valence-electron chi connectivity index (χ2n) is 2.79. The summed E-state index contributed by atoms with van der Waals surface area (Å²) in [6.07, 6.45) is -0.513. The summed E-state index contributed by atoms with van der Waals surface area (Å²) < 4.78 is 0. The Kier molecular flexibility index (Phi) is 2.43. The van der Waals surface area contributed by atoms with Crippen LogP contribution in [0, 0.1) is 0 Å². The first kappa shape index (κ1) is 8.45. The molecule has 0 aromatic heterocycles. The standard InChI is InChI=1S/C6H12N2O3/c7-3-1-4(9)5(6(10)11)8-2-3/h3-5,8-9H,1-2,7H2,(H,10,11)/t3-,4+,5-/m0/s1. The van der Waals surface area contributed by atoms with Gasteiger partial charge in [-0.1, -0.05) is 0 Å². The molecule has 0 unspecified atom stereocenters. The summed E-state index contributed by atoms with van der Waals surface area (Å²) in [4.78, 5) is 10.4. The topological polar surface area (TPSA) is 95.6 Å². The molecule has 5 nitrogen and oxygen atoms in total. The van der Waals surface area contributed by atoms with Crippen LogP contribution in [-0.2, 0) is 4.79 Å². The average Bonchev–Trinajstić information content (AvgIpc) is 1.85. The first-order valence-corrected chi connectivity index (χ1v) is 3.51. The predicted octanol–water partition coefficient (Wildman–Crippen LogP) is -1.88. The van der Waals surface area contributed by atoms with E-state index in [0.717, 1.165) is 0 Å². The van der Waals surface area contributed by atoms with Gasteiger partial charge in [0.15, 0.2) is 0 Å². The second kappa shape index (κ2) is 3.17. The van der Waals surface area contributed by atoms with Gasteiger partial charge in [0.05, 0.1) is 6.10 Å². The van der Waals surface area contributed by atoms with Gasteiger partial charge in [-0.15, -0.1) is 0 Å². The maximum absolute atomic E-state index is 10.4. The Labute approximate surface area is 64.2 Å². The molecule has 1 aliphatic rings. The molecule has 0 bridgehead atoms. The molecule has 0 aliphatic carbocycles. The Balaban J connectivity index is 2.50. The van der Waals surface area contributed by atoms with Crippen LogP contribution in [0.5, 0.6) is 0 Å². The molecule has 1 heterocycles. The quantitative estimate of drug-likeness (QED) is 0.360. The van der Waals surface area contributed by atoms with Gasteiger partial charge in [-0.3, -0.25) is 4.79 Å². The van der Waals surface area contributed by atoms with Crippen molar-refractivity contribution in [3.8, 4) is 0 Å². The van der Waals surface area contributed by atoms with Crippen molar-refractivity contribution in [2.75, 3.05) is 6.54 Å². The highest BCUT2D eigenvalue weighted by Crippen LogP contribution is 2.07. The molecule has 0 aromatic rings. The summed E-state index contributed by atoms with van der Waals surface area (Å²) in [5.41, 5.74) is 5.47. The van der Waals surface area contributed by atoms with Crippen LogP contribution in [-0.4, -0.2) is 40.9 Å². The highest BCUT2D eigenvalue weighted by Gasteiger charge is 2.31. The third-order valence-electron chi connectivity index (χ3n) is 1.80. The van der Waals surface area contributed by atoms with Crippen molar-refractivity contribution < 1.29 is 15.0 Å². The molecule has 0 aromatic carbocycles. The first-order valence-electron chi connectivity index (χ1n) is 3.51. The molecule has 1 rings (SSSR count). The number of hydrogen-bond donors (Lipinski definition) is 4. The first-order chi connectivity index (χ1) is 5.11. The van der Waals surface area contributed by atoms with Crippen LogP contribution in [0.25, 0.3) is 0 Å². The van der Waals surface area contributed by atoms with Crippen molar-refractivity contribution in [3.63, 3.8) is 0 Å². The molecule has 64 valence electrons. The minimum Gasteiger partial charge on any atom is -0.480 e. The number of rotatable bonds is 1. The lowest BCUT2D eigenvalue weighted by atomic mass is 9.98. The van der Waals surface area contributed by atoms with Gasteiger partial charge in [0, 0.05) is 12.6 Å². The number of nitrogens with one attached hydrogen (secondary N) is 1. The van der Waals surface area contributed by atoms with Crippen molar-refractivity contribution in [3.05, 3.63) is 0 Å². The van der Waals surface area contributed by atoms with Gasteiger partial charge in [0.25, 0.3) is 0 Å². The number of carbonyl (C=O) groups is 1. The molecule has 0 spiro atoms. The van der Waals surface area contributed by atoms with E-state index in [9.17, 15) is 9.90 Å². The van der Waals surface area contributed by atoms with Gasteiger partial charge in [0.1, 0.15) is 6.04 Å². The van der Waals surface area contributed by atoms with Crippen LogP contribution in [0.2, 0.25) is 0 Å². The highest BCUT2D eigenvalue weighted by atomic mass is 16.4. The summed E-state index contributed by atoms with van der Waals surface area (Å²) in [6, 6.07) is -0.990. The molecule has 1 saturated heterocycles. The van der Waals surface area contributed by atoms with Crippen molar-refractivity contribution >= 4 is 5.97 Å². The third-order valence-corrected chi connectivity index (χ3v) is 1.80. The van der Waals surface area contributed by atoms with E-state index >= 15 is 0 Å². The summed E-state index contributed by atoms with van der Waals surface area (Å²) >= 11 is 0. The van der Waals surface area contributed by atoms with Gasteiger partial charge in [-0.25, -0.2) is 0 Å². The number of aliphatic hydroxyl groups is 1. The van der Waals surface area contributed by atoms with Crippen LogP contribution in [0.4, 0.5) is 0 Å². The lowest BCUT2D eigenvalue weighted by Crippen LogP contribution is -2.56. The van der Waals surface area contributed by atoms with E-state index in [-0.39, 0.29) is 6.04 Å². The maximum atomic E-state index is 10.4. The van der Waals surface area contributed by atoms with Crippen LogP contribution in [0.15, 0.2) is 0 Å². The molecule has 5 N–H and O–H groups in total. The van der Waals surface area contributed by atoms with E-state index in [0.29, 0.717) is 13.0 Å². The normalized spacial score (nSPS) is 38.5. The van der Waals surface area contributed by atoms with E-state index in [2.05, 4.69) is 5.32 Å². The monoisotopic (exact) mass is 160 g/mol. The molecular formula is C6H12N2O3. The van der Waals surface area contributed by atoms with Crippen LogP contribution < -0.4 is 11.1 Å². The zero-order valence-corrected chi connectivity index (χ0v) is 6.03. The fourth-order valence-corrected chi connectivity index (χ4v) is 1.20. The molecule has 3 atom stereocenters. The fraction of sp³-hybridized carbons (Fsp3) is 0.833. The Morgan fingerprint density at radius 3 is 2.73 bits per heavy atom. The van der Waals surface area contributed by atoms with Gasteiger partial charge in [0.2, 0.25) is 0 Å². The minimum absolute atomic E-state index is 0.138. The second-order valence-corrected chi connectivity index (χ2v) is 2.79. The van der Waals surface area contributed by atoms with Crippen molar-refractivity contribution in [2.24, 2.45) is 5.73 Å². The number of hydrogen-bond acceptors (Lipinski definition) is 4. The van der Waals surface area contributed by atoms with Crippen molar-refractivity contribution in [2.45, 2.75) is 24.6 Å². The summed E-state index contributed by atoms with van der Waals surface area (Å²) in [6.45, 7) is 0.452. The Morgan fingerprint density at radius 1 is 1.64 bits per heavy atom. The summed E-state index contributed by atoms with van der Waals surface area (Å²) in [5, 5.41) is 20.4. The van der Waals surface area contributed by atoms with Crippen molar-refractivity contribution in [1.29, 1.82) is 0 Å². The molecule has 5 heteroatoms. The third kappa shape index (κ3) is 1.89. The van der Waals surface area contributed by atoms with Gasteiger partial charge in [-0.2, -0.15) is 0 Å². The zero-order valence-electron chi connectivity index (χ0n) is 6.03. The highest BCUT2D eigenvalue weighted by molar-refractivity contribution is 5.74. The number of carboxylic acids is 1. The Bertz CT molecular complexity index is 162. The van der Waals surface area contributed by atoms with Crippen molar-refractivity contribution in [1.82, 2.24) is 5.32 Å². The zero-order chi connectivity index (χ0) is 8.43. The molecule has 0 amide bonds. The number of nitrogens with two attached hydrogens (primary N) is 1. The van der Waals surface area contributed by atoms with Crippen LogP contribution in [0.3, 0.4) is 0 Å². The lowest BCUT2D eigenvalue weighted by molar-refractivity contribution is -0.143. The molecule has 1 fully saturated rings. The van der Waals surface area contributed by atoms with E-state index < -0.39 is 18.1 Å². The molecule has 1 aliphatic heterocycles. The number of piperidine rings is 1. The van der Waals surface area contributed by atoms with Gasteiger partial charge >= 0.3 is 5.97 Å². The summed E-state index contributed by atoms with van der Waals surface area (Å²) in [5.74, 6) is -1.02. The Morgan fingerprint density at radius 2 is 2.27 bits per heavy atom. The van der Waals surface area contributed by atoms with E-state index in [1.165, 1.54) is 0 Å². The molecule has 11 heavy (non-hydrogen) atoms.